The van der Waals surface area contributed by atoms with E-state index in [2.05, 4.69) is 19.9 Å². The fourth-order valence-corrected chi connectivity index (χ4v) is 1.75. The van der Waals surface area contributed by atoms with Gasteiger partial charge in [-0.3, -0.25) is 0 Å². The Morgan fingerprint density at radius 2 is 2.31 bits per heavy atom. The van der Waals surface area contributed by atoms with Crippen molar-refractivity contribution >= 4 is 0 Å². The molecule has 1 N–H and O–H groups in total. The van der Waals surface area contributed by atoms with Crippen LogP contribution in [0.1, 0.15) is 40.0 Å². The van der Waals surface area contributed by atoms with Gasteiger partial charge in [-0.15, -0.1) is 0 Å². The molecule has 2 nitrogen and oxygen atoms in total. The molecule has 1 fully saturated rings. The summed E-state index contributed by atoms with van der Waals surface area (Å²) in [6.45, 7) is 6.68. The maximum Gasteiger partial charge on any atom is 0.0907 e. The first-order valence-electron chi connectivity index (χ1n) is 4.99. The van der Waals surface area contributed by atoms with Crippen molar-refractivity contribution in [2.75, 3.05) is 6.61 Å². The lowest BCUT2D eigenvalue weighted by molar-refractivity contribution is 0.0167. The van der Waals surface area contributed by atoms with Crippen LogP contribution in [0.4, 0.5) is 0 Å². The van der Waals surface area contributed by atoms with Crippen molar-refractivity contribution in [3.05, 3.63) is 11.6 Å². The summed E-state index contributed by atoms with van der Waals surface area (Å²) in [6, 6.07) is 0. The van der Waals surface area contributed by atoms with Crippen LogP contribution in [0.5, 0.6) is 0 Å². The van der Waals surface area contributed by atoms with Gasteiger partial charge in [0.2, 0.25) is 0 Å². The predicted molar refractivity (Wildman–Crippen MR) is 53.6 cm³/mol. The van der Waals surface area contributed by atoms with Crippen LogP contribution >= 0.6 is 0 Å². The molecular formula is C11H20O2. The molecule has 2 unspecified atom stereocenters. The quantitative estimate of drug-likeness (QED) is 0.682. The van der Waals surface area contributed by atoms with Gasteiger partial charge in [0, 0.05) is 6.42 Å². The van der Waals surface area contributed by atoms with E-state index in [4.69, 9.17) is 4.74 Å². The Morgan fingerprint density at radius 3 is 2.77 bits per heavy atom. The Bertz CT molecular complexity index is 194. The lowest BCUT2D eigenvalue weighted by Gasteiger charge is -2.19. The van der Waals surface area contributed by atoms with E-state index in [-0.39, 0.29) is 6.10 Å². The SMILES string of the molecule is CC(C)=CCCC1(O)COC(C)C1. The highest BCUT2D eigenvalue weighted by atomic mass is 16.5. The highest BCUT2D eigenvalue weighted by molar-refractivity contribution is 4.96. The van der Waals surface area contributed by atoms with Gasteiger partial charge in [-0.05, 0) is 33.6 Å². The highest BCUT2D eigenvalue weighted by Gasteiger charge is 2.35. The molecule has 1 heterocycles. The third kappa shape index (κ3) is 3.49. The molecule has 0 aromatic carbocycles. The number of aliphatic hydroxyl groups is 1. The normalized spacial score (nSPS) is 33.4. The van der Waals surface area contributed by atoms with Gasteiger partial charge in [0.25, 0.3) is 0 Å². The molecule has 0 amide bonds. The lowest BCUT2D eigenvalue weighted by atomic mass is 9.94. The second-order valence-electron chi connectivity index (χ2n) is 4.37. The maximum absolute atomic E-state index is 10.0. The van der Waals surface area contributed by atoms with Crippen molar-refractivity contribution in [3.8, 4) is 0 Å². The van der Waals surface area contributed by atoms with E-state index in [0.717, 1.165) is 19.3 Å². The fraction of sp³-hybridized carbons (Fsp3) is 0.818. The zero-order chi connectivity index (χ0) is 9.90. The smallest absolute Gasteiger partial charge is 0.0907 e. The average Bonchev–Trinajstić information content (AvgIpc) is 2.30. The largest absolute Gasteiger partial charge is 0.387 e. The number of rotatable bonds is 3. The number of hydrogen-bond acceptors (Lipinski definition) is 2. The van der Waals surface area contributed by atoms with Crippen molar-refractivity contribution < 1.29 is 9.84 Å². The summed E-state index contributed by atoms with van der Waals surface area (Å²) in [4.78, 5) is 0. The molecule has 0 bridgehead atoms. The topological polar surface area (TPSA) is 29.5 Å². The molecule has 0 spiro atoms. The minimum absolute atomic E-state index is 0.219. The number of hydrogen-bond donors (Lipinski definition) is 1. The Balaban J connectivity index is 2.32. The average molecular weight is 184 g/mol. The van der Waals surface area contributed by atoms with Crippen molar-refractivity contribution in [1.29, 1.82) is 0 Å². The van der Waals surface area contributed by atoms with Crippen LogP contribution in [0.2, 0.25) is 0 Å². The van der Waals surface area contributed by atoms with E-state index in [0.29, 0.717) is 6.61 Å². The molecule has 2 atom stereocenters. The summed E-state index contributed by atoms with van der Waals surface area (Å²) in [5.41, 5.74) is 0.751. The first kappa shape index (κ1) is 10.7. The molecular weight excluding hydrogens is 164 g/mol. The number of allylic oxidation sites excluding steroid dienone is 2. The molecule has 0 aromatic rings. The maximum atomic E-state index is 10.0. The van der Waals surface area contributed by atoms with Crippen LogP contribution in [-0.4, -0.2) is 23.4 Å². The van der Waals surface area contributed by atoms with Crippen LogP contribution in [0.25, 0.3) is 0 Å². The highest BCUT2D eigenvalue weighted by Crippen LogP contribution is 2.28. The van der Waals surface area contributed by atoms with Crippen molar-refractivity contribution in [3.63, 3.8) is 0 Å². The Labute approximate surface area is 80.6 Å². The second-order valence-corrected chi connectivity index (χ2v) is 4.37. The summed E-state index contributed by atoms with van der Waals surface area (Å²) in [6.07, 6.45) is 4.94. The summed E-state index contributed by atoms with van der Waals surface area (Å²) >= 11 is 0. The van der Waals surface area contributed by atoms with Gasteiger partial charge in [0.15, 0.2) is 0 Å². The van der Waals surface area contributed by atoms with Crippen molar-refractivity contribution in [2.45, 2.75) is 51.7 Å². The number of ether oxygens (including phenoxy) is 1. The molecule has 0 aromatic heterocycles. The van der Waals surface area contributed by atoms with E-state index >= 15 is 0 Å². The van der Waals surface area contributed by atoms with Crippen LogP contribution in [-0.2, 0) is 4.74 Å². The van der Waals surface area contributed by atoms with E-state index in [1.807, 2.05) is 6.92 Å². The van der Waals surface area contributed by atoms with Gasteiger partial charge in [-0.1, -0.05) is 11.6 Å². The van der Waals surface area contributed by atoms with Gasteiger partial charge in [0.1, 0.15) is 0 Å². The summed E-state index contributed by atoms with van der Waals surface area (Å²) in [5.74, 6) is 0. The lowest BCUT2D eigenvalue weighted by Crippen LogP contribution is -2.28. The summed E-state index contributed by atoms with van der Waals surface area (Å²) < 4.78 is 5.36. The second kappa shape index (κ2) is 4.25. The first-order chi connectivity index (χ1) is 6.02. The molecule has 2 heteroatoms. The third-order valence-corrected chi connectivity index (χ3v) is 2.47. The van der Waals surface area contributed by atoms with Crippen molar-refractivity contribution in [1.82, 2.24) is 0 Å². The summed E-state index contributed by atoms with van der Waals surface area (Å²) in [7, 11) is 0. The monoisotopic (exact) mass is 184 g/mol. The van der Waals surface area contributed by atoms with Crippen LogP contribution in [0, 0.1) is 0 Å². The molecule has 1 aliphatic rings. The standard InChI is InChI=1S/C11H20O2/c1-9(2)5-4-6-11(12)7-10(3)13-8-11/h5,10,12H,4,6-8H2,1-3H3. The Hall–Kier alpha value is -0.340. The van der Waals surface area contributed by atoms with Gasteiger partial charge >= 0.3 is 0 Å². The Morgan fingerprint density at radius 1 is 1.62 bits per heavy atom. The molecule has 76 valence electrons. The van der Waals surface area contributed by atoms with E-state index in [1.165, 1.54) is 5.57 Å². The van der Waals surface area contributed by atoms with E-state index in [1.54, 1.807) is 0 Å². The van der Waals surface area contributed by atoms with Gasteiger partial charge < -0.3 is 9.84 Å². The molecule has 1 rings (SSSR count). The summed E-state index contributed by atoms with van der Waals surface area (Å²) in [5, 5.41) is 10.0. The minimum Gasteiger partial charge on any atom is -0.387 e. The Kier molecular flexibility index (Phi) is 3.51. The molecule has 1 saturated heterocycles. The van der Waals surface area contributed by atoms with Crippen LogP contribution < -0.4 is 0 Å². The minimum atomic E-state index is -0.564. The predicted octanol–water partition coefficient (Wildman–Crippen LogP) is 2.27. The zero-order valence-corrected chi connectivity index (χ0v) is 8.84. The molecule has 1 aliphatic heterocycles. The fourth-order valence-electron chi connectivity index (χ4n) is 1.75. The van der Waals surface area contributed by atoms with Crippen LogP contribution in [0.3, 0.4) is 0 Å². The first-order valence-corrected chi connectivity index (χ1v) is 4.99. The van der Waals surface area contributed by atoms with Gasteiger partial charge in [0.05, 0.1) is 18.3 Å². The third-order valence-electron chi connectivity index (χ3n) is 2.47. The van der Waals surface area contributed by atoms with Crippen molar-refractivity contribution in [2.24, 2.45) is 0 Å². The molecule has 0 saturated carbocycles. The van der Waals surface area contributed by atoms with E-state index < -0.39 is 5.60 Å². The molecule has 13 heavy (non-hydrogen) atoms. The van der Waals surface area contributed by atoms with Gasteiger partial charge in [-0.2, -0.15) is 0 Å². The zero-order valence-electron chi connectivity index (χ0n) is 8.84. The van der Waals surface area contributed by atoms with Crippen LogP contribution in [0.15, 0.2) is 11.6 Å². The molecule has 0 aliphatic carbocycles. The van der Waals surface area contributed by atoms with Gasteiger partial charge in [-0.25, -0.2) is 0 Å². The molecule has 0 radical (unpaired) electrons. The van der Waals surface area contributed by atoms with E-state index in [9.17, 15) is 5.11 Å².